The van der Waals surface area contributed by atoms with Crippen LogP contribution >= 0.6 is 15.2 Å². The van der Waals surface area contributed by atoms with Crippen LogP contribution in [0.25, 0.3) is 0 Å². The summed E-state index contributed by atoms with van der Waals surface area (Å²) in [7, 11) is -12.7. The van der Waals surface area contributed by atoms with E-state index in [9.17, 15) is 46.1 Å². The van der Waals surface area contributed by atoms with Crippen LogP contribution in [0.2, 0.25) is 0 Å². The lowest BCUT2D eigenvalue weighted by Crippen LogP contribution is -2.38. The van der Waals surface area contributed by atoms with Crippen LogP contribution in [0.5, 0.6) is 0 Å². The van der Waals surface area contributed by atoms with Crippen LogP contribution in [-0.2, 0) is 18.7 Å². The molecule has 146 valence electrons. The van der Waals surface area contributed by atoms with Gasteiger partial charge in [-0.2, -0.15) is 17.6 Å². The Labute approximate surface area is 141 Å². The monoisotopic (exact) mass is 422 g/mol. The molecule has 2 atom stereocenters. The molecule has 0 aromatic heterocycles. The second kappa shape index (κ2) is 7.06. The SMILES string of the molecule is O=C(Nc1ccc(NC(=O)C(F)(F)P(=O)([O-])O)cc1)C(F)(F)P(=O)([O-])O. The van der Waals surface area contributed by atoms with E-state index in [-0.39, 0.29) is 0 Å². The van der Waals surface area contributed by atoms with Gasteiger partial charge in [-0.15, -0.1) is 0 Å². The number of halogens is 4. The van der Waals surface area contributed by atoms with Crippen molar-refractivity contribution in [1.29, 1.82) is 0 Å². The smallest absolute Gasteiger partial charge is 0.384 e. The number of rotatable bonds is 6. The fourth-order valence-electron chi connectivity index (χ4n) is 1.31. The molecule has 1 rings (SSSR count). The fraction of sp³-hybridized carbons (Fsp3) is 0.200. The van der Waals surface area contributed by atoms with E-state index in [1.165, 1.54) is 10.6 Å². The van der Waals surface area contributed by atoms with Gasteiger partial charge >= 0.3 is 23.1 Å². The maximum Gasteiger partial charge on any atom is 0.384 e. The molecule has 4 N–H and O–H groups in total. The number of hydrogen-bond donors (Lipinski definition) is 4. The summed E-state index contributed by atoms with van der Waals surface area (Å²) in [5.41, 5.74) is -11.2. The summed E-state index contributed by atoms with van der Waals surface area (Å²) < 4.78 is 73.0. The molecule has 1 aromatic carbocycles. The predicted octanol–water partition coefficient (Wildman–Crippen LogP) is -0.159. The summed E-state index contributed by atoms with van der Waals surface area (Å²) in [6.07, 6.45) is 0. The van der Waals surface area contributed by atoms with Crippen LogP contribution in [0.1, 0.15) is 0 Å². The molecule has 0 aliphatic carbocycles. The first-order chi connectivity index (χ1) is 11.5. The van der Waals surface area contributed by atoms with Crippen molar-refractivity contribution < 1.29 is 55.9 Å². The first-order valence-electron chi connectivity index (χ1n) is 6.06. The number of carbonyl (C=O) groups excluding carboxylic acids is 2. The Kier molecular flexibility index (Phi) is 6.04. The van der Waals surface area contributed by atoms with Crippen molar-refractivity contribution in [3.63, 3.8) is 0 Å². The van der Waals surface area contributed by atoms with Crippen LogP contribution in [0, 0.1) is 0 Å². The van der Waals surface area contributed by atoms with Crippen molar-refractivity contribution in [3.8, 4) is 0 Å². The molecule has 10 nitrogen and oxygen atoms in total. The molecule has 16 heteroatoms. The minimum atomic E-state index is -6.34. The zero-order valence-corrected chi connectivity index (χ0v) is 13.8. The molecular weight excluding hydrogens is 414 g/mol. The topological polar surface area (TPSA) is 179 Å². The molecule has 0 aliphatic rings. The highest BCUT2D eigenvalue weighted by Crippen LogP contribution is 2.50. The van der Waals surface area contributed by atoms with Crippen molar-refractivity contribution in [1.82, 2.24) is 0 Å². The van der Waals surface area contributed by atoms with E-state index in [0.717, 1.165) is 24.3 Å². The van der Waals surface area contributed by atoms with Gasteiger partial charge in [0, 0.05) is 11.4 Å². The van der Waals surface area contributed by atoms with Gasteiger partial charge in [-0.1, -0.05) is 0 Å². The zero-order chi connectivity index (χ0) is 20.6. The van der Waals surface area contributed by atoms with Gasteiger partial charge in [0.25, 0.3) is 0 Å². The Balaban J connectivity index is 2.88. The molecule has 1 aromatic rings. The van der Waals surface area contributed by atoms with Gasteiger partial charge in [0.15, 0.2) is 0 Å². The Morgan fingerprint density at radius 1 is 0.808 bits per heavy atom. The van der Waals surface area contributed by atoms with Crippen molar-refractivity contribution in [2.24, 2.45) is 0 Å². The summed E-state index contributed by atoms with van der Waals surface area (Å²) in [6.45, 7) is 0. The molecule has 0 aliphatic heterocycles. The highest BCUT2D eigenvalue weighted by Gasteiger charge is 2.50. The molecule has 2 amide bonds. The molecule has 0 saturated heterocycles. The third kappa shape index (κ3) is 4.67. The summed E-state index contributed by atoms with van der Waals surface area (Å²) in [5, 5.41) is 2.81. The van der Waals surface area contributed by atoms with Crippen LogP contribution < -0.4 is 20.4 Å². The first kappa shape index (κ1) is 22.2. The molecule has 0 spiro atoms. The normalized spacial score (nSPS) is 16.9. The second-order valence-corrected chi connectivity index (χ2v) is 7.81. The quantitative estimate of drug-likeness (QED) is 0.361. The first-order valence-corrected chi connectivity index (χ1v) is 9.22. The van der Waals surface area contributed by atoms with Crippen molar-refractivity contribution >= 4 is 38.4 Å². The Morgan fingerprint density at radius 2 is 1.04 bits per heavy atom. The maximum atomic E-state index is 13.0. The molecule has 0 radical (unpaired) electrons. The predicted molar refractivity (Wildman–Crippen MR) is 73.2 cm³/mol. The van der Waals surface area contributed by atoms with Crippen molar-refractivity contribution in [2.75, 3.05) is 10.6 Å². The minimum Gasteiger partial charge on any atom is -0.774 e. The standard InChI is InChI=1S/C10H10F4N2O8P2/c11-9(12,25(19,20)21)7(17)15-5-1-2-6(4-3-5)16-8(18)10(13,14)26(22,23)24/h1-4H,(H,15,17)(H,16,18)(H2,19,20,21)(H2,22,23,24)/p-2. The lowest BCUT2D eigenvalue weighted by atomic mass is 10.2. The molecule has 0 fully saturated rings. The minimum absolute atomic E-state index is 0.482. The van der Waals surface area contributed by atoms with E-state index < -0.39 is 49.7 Å². The highest BCUT2D eigenvalue weighted by molar-refractivity contribution is 7.53. The molecule has 0 saturated carbocycles. The van der Waals surface area contributed by atoms with Crippen molar-refractivity contribution in [3.05, 3.63) is 24.3 Å². The van der Waals surface area contributed by atoms with Gasteiger partial charge in [-0.25, -0.2) is 0 Å². The molecule has 0 heterocycles. The van der Waals surface area contributed by atoms with E-state index in [0.29, 0.717) is 0 Å². The number of alkyl halides is 4. The highest BCUT2D eigenvalue weighted by atomic mass is 31.2. The number of nitrogens with one attached hydrogen (secondary N) is 2. The largest absolute Gasteiger partial charge is 0.774 e. The summed E-state index contributed by atoms with van der Waals surface area (Å²) in [6, 6.07) is 3.02. The molecular formula is C10H8F4N2O8P2-2. The van der Waals surface area contributed by atoms with Gasteiger partial charge < -0.3 is 39.3 Å². The van der Waals surface area contributed by atoms with Crippen molar-refractivity contribution in [2.45, 2.75) is 11.3 Å². The molecule has 0 bridgehead atoms. The number of carbonyl (C=O) groups is 2. The van der Waals surface area contributed by atoms with Crippen LogP contribution in [0.4, 0.5) is 28.9 Å². The van der Waals surface area contributed by atoms with Crippen LogP contribution in [-0.4, -0.2) is 32.9 Å². The van der Waals surface area contributed by atoms with E-state index in [1.807, 2.05) is 0 Å². The summed E-state index contributed by atoms with van der Waals surface area (Å²) >= 11 is 0. The van der Waals surface area contributed by atoms with E-state index in [2.05, 4.69) is 0 Å². The second-order valence-electron chi connectivity index (χ2n) is 4.61. The Hall–Kier alpha value is -1.82. The molecule has 2 unspecified atom stereocenters. The van der Waals surface area contributed by atoms with Crippen LogP contribution in [0.15, 0.2) is 24.3 Å². The lowest BCUT2D eigenvalue weighted by molar-refractivity contribution is -0.215. The zero-order valence-electron chi connectivity index (χ0n) is 12.1. The third-order valence-electron chi connectivity index (χ3n) is 2.66. The van der Waals surface area contributed by atoms with Gasteiger partial charge in [0.1, 0.15) is 0 Å². The number of hydrogen-bond acceptors (Lipinski definition) is 6. The Morgan fingerprint density at radius 3 is 1.23 bits per heavy atom. The summed E-state index contributed by atoms with van der Waals surface area (Å²) in [4.78, 5) is 59.7. The maximum absolute atomic E-state index is 13.0. The fourth-order valence-corrected chi connectivity index (χ4v) is 1.93. The van der Waals surface area contributed by atoms with Gasteiger partial charge in [-0.3, -0.25) is 9.59 Å². The number of anilines is 2. The van der Waals surface area contributed by atoms with E-state index >= 15 is 0 Å². The lowest BCUT2D eigenvalue weighted by Gasteiger charge is -2.25. The van der Waals surface area contributed by atoms with E-state index in [4.69, 9.17) is 9.79 Å². The molecule has 26 heavy (non-hydrogen) atoms. The number of amides is 2. The average molecular weight is 422 g/mol. The van der Waals surface area contributed by atoms with E-state index in [1.54, 1.807) is 0 Å². The average Bonchev–Trinajstić information content (AvgIpc) is 2.46. The number of benzene rings is 1. The third-order valence-corrected chi connectivity index (χ3v) is 4.48. The van der Waals surface area contributed by atoms with Crippen LogP contribution in [0.3, 0.4) is 0 Å². The van der Waals surface area contributed by atoms with Gasteiger partial charge in [-0.05, 0) is 24.3 Å². The van der Waals surface area contributed by atoms with Gasteiger partial charge in [0.2, 0.25) is 15.2 Å². The summed E-state index contributed by atoms with van der Waals surface area (Å²) in [5.74, 6) is -4.82. The van der Waals surface area contributed by atoms with Gasteiger partial charge in [0.05, 0.1) is 0 Å². The Bertz CT molecular complexity index is 737.